The van der Waals surface area contributed by atoms with Gasteiger partial charge in [0.2, 0.25) is 0 Å². The number of hydrogen-bond acceptors (Lipinski definition) is 2. The van der Waals surface area contributed by atoms with Crippen molar-refractivity contribution in [3.05, 3.63) is 59.4 Å². The molecule has 0 saturated carbocycles. The van der Waals surface area contributed by atoms with E-state index in [1.54, 1.807) is 6.07 Å². The summed E-state index contributed by atoms with van der Waals surface area (Å²) in [4.78, 5) is 1.87. The van der Waals surface area contributed by atoms with Crippen LogP contribution in [-0.2, 0) is 0 Å². The van der Waals surface area contributed by atoms with Gasteiger partial charge in [-0.15, -0.1) is 0 Å². The summed E-state index contributed by atoms with van der Waals surface area (Å²) < 4.78 is 14.4. The summed E-state index contributed by atoms with van der Waals surface area (Å²) in [6.45, 7) is 7.00. The second kappa shape index (κ2) is 6.72. The molecule has 112 valence electrons. The van der Waals surface area contributed by atoms with Gasteiger partial charge in [-0.25, -0.2) is 4.39 Å². The number of benzene rings is 2. The first-order valence-electron chi connectivity index (χ1n) is 7.36. The predicted molar refractivity (Wildman–Crippen MR) is 87.7 cm³/mol. The normalized spacial score (nSPS) is 12.2. The van der Waals surface area contributed by atoms with E-state index >= 15 is 0 Å². The molecule has 2 nitrogen and oxygen atoms in total. The molecule has 0 amide bonds. The van der Waals surface area contributed by atoms with Crippen LogP contribution in [0.25, 0.3) is 0 Å². The standard InChI is InChI=1S/C18H23FN2/c1-5-20-14(3)15-8-11-18(17(19)12-15)21(4)16-9-6-13(2)7-10-16/h6-12,14,20H,5H2,1-4H3. The van der Waals surface area contributed by atoms with E-state index < -0.39 is 0 Å². The van der Waals surface area contributed by atoms with Gasteiger partial charge in [-0.05, 0) is 50.2 Å². The van der Waals surface area contributed by atoms with Crippen LogP contribution in [0.1, 0.15) is 31.0 Å². The first kappa shape index (κ1) is 15.5. The summed E-state index contributed by atoms with van der Waals surface area (Å²) in [6, 6.07) is 13.7. The highest BCUT2D eigenvalue weighted by Gasteiger charge is 2.12. The minimum Gasteiger partial charge on any atom is -0.342 e. The Morgan fingerprint density at radius 1 is 1.14 bits per heavy atom. The van der Waals surface area contributed by atoms with Crippen molar-refractivity contribution in [2.24, 2.45) is 0 Å². The maximum atomic E-state index is 14.4. The Kier molecular flexibility index (Phi) is 4.97. The number of nitrogens with zero attached hydrogens (tertiary/aromatic N) is 1. The van der Waals surface area contributed by atoms with E-state index in [0.717, 1.165) is 17.8 Å². The van der Waals surface area contributed by atoms with Crippen LogP contribution in [0.4, 0.5) is 15.8 Å². The lowest BCUT2D eigenvalue weighted by Gasteiger charge is -2.22. The van der Waals surface area contributed by atoms with E-state index in [9.17, 15) is 4.39 Å². The maximum absolute atomic E-state index is 14.4. The SMILES string of the molecule is CCNC(C)c1ccc(N(C)c2ccc(C)cc2)c(F)c1. The van der Waals surface area contributed by atoms with Gasteiger partial charge in [-0.1, -0.05) is 30.7 Å². The first-order valence-corrected chi connectivity index (χ1v) is 7.36. The Hall–Kier alpha value is -1.87. The van der Waals surface area contributed by atoms with Crippen LogP contribution in [0.15, 0.2) is 42.5 Å². The van der Waals surface area contributed by atoms with Gasteiger partial charge in [0.25, 0.3) is 0 Å². The zero-order valence-electron chi connectivity index (χ0n) is 13.2. The molecular weight excluding hydrogens is 263 g/mol. The van der Waals surface area contributed by atoms with Gasteiger partial charge in [0, 0.05) is 18.8 Å². The summed E-state index contributed by atoms with van der Waals surface area (Å²) >= 11 is 0. The van der Waals surface area contributed by atoms with Crippen molar-refractivity contribution < 1.29 is 4.39 Å². The van der Waals surface area contributed by atoms with Crippen molar-refractivity contribution in [3.8, 4) is 0 Å². The van der Waals surface area contributed by atoms with E-state index in [1.807, 2.05) is 69.1 Å². The lowest BCUT2D eigenvalue weighted by atomic mass is 10.1. The highest BCUT2D eigenvalue weighted by atomic mass is 19.1. The van der Waals surface area contributed by atoms with Crippen molar-refractivity contribution in [1.82, 2.24) is 5.32 Å². The third-order valence-electron chi connectivity index (χ3n) is 3.76. The van der Waals surface area contributed by atoms with E-state index in [2.05, 4.69) is 5.32 Å². The molecular formula is C18H23FN2. The monoisotopic (exact) mass is 286 g/mol. The summed E-state index contributed by atoms with van der Waals surface area (Å²) in [5, 5.41) is 3.30. The average molecular weight is 286 g/mol. The molecule has 21 heavy (non-hydrogen) atoms. The Morgan fingerprint density at radius 3 is 2.38 bits per heavy atom. The van der Waals surface area contributed by atoms with E-state index in [0.29, 0.717) is 5.69 Å². The third-order valence-corrected chi connectivity index (χ3v) is 3.76. The van der Waals surface area contributed by atoms with E-state index in [4.69, 9.17) is 0 Å². The molecule has 0 saturated heterocycles. The zero-order valence-corrected chi connectivity index (χ0v) is 13.2. The fraction of sp³-hybridized carbons (Fsp3) is 0.333. The Bertz CT molecular complexity index is 593. The lowest BCUT2D eigenvalue weighted by molar-refractivity contribution is 0.583. The number of hydrogen-bond donors (Lipinski definition) is 1. The highest BCUT2D eigenvalue weighted by Crippen LogP contribution is 2.28. The minimum absolute atomic E-state index is 0.156. The Balaban J connectivity index is 2.26. The molecule has 2 aromatic rings. The van der Waals surface area contributed by atoms with Gasteiger partial charge in [0.1, 0.15) is 5.82 Å². The second-order valence-electron chi connectivity index (χ2n) is 5.38. The zero-order chi connectivity index (χ0) is 15.4. The number of anilines is 2. The molecule has 0 aliphatic heterocycles. The average Bonchev–Trinajstić information content (AvgIpc) is 2.47. The molecule has 0 bridgehead atoms. The highest BCUT2D eigenvalue weighted by molar-refractivity contribution is 5.63. The van der Waals surface area contributed by atoms with Gasteiger partial charge in [0.05, 0.1) is 5.69 Å². The molecule has 0 aliphatic rings. The first-order chi connectivity index (χ1) is 10.0. The molecule has 0 radical (unpaired) electrons. The van der Waals surface area contributed by atoms with E-state index in [1.165, 1.54) is 5.56 Å². The predicted octanol–water partition coefficient (Wildman–Crippen LogP) is 4.57. The molecule has 3 heteroatoms. The van der Waals surface area contributed by atoms with Crippen molar-refractivity contribution in [2.45, 2.75) is 26.8 Å². The van der Waals surface area contributed by atoms with Gasteiger partial charge in [0.15, 0.2) is 0 Å². The fourth-order valence-electron chi connectivity index (χ4n) is 2.40. The molecule has 0 aliphatic carbocycles. The van der Waals surface area contributed by atoms with Gasteiger partial charge in [-0.3, -0.25) is 0 Å². The summed E-state index contributed by atoms with van der Waals surface area (Å²) in [6.07, 6.45) is 0. The van der Waals surface area contributed by atoms with Crippen molar-refractivity contribution in [3.63, 3.8) is 0 Å². The Morgan fingerprint density at radius 2 is 1.81 bits per heavy atom. The summed E-state index contributed by atoms with van der Waals surface area (Å²) in [7, 11) is 1.89. The van der Waals surface area contributed by atoms with Crippen LogP contribution >= 0.6 is 0 Å². The number of halogens is 1. The molecule has 0 spiro atoms. The summed E-state index contributed by atoms with van der Waals surface area (Å²) in [5.74, 6) is -0.194. The van der Waals surface area contributed by atoms with Crippen molar-refractivity contribution in [1.29, 1.82) is 0 Å². The topological polar surface area (TPSA) is 15.3 Å². The van der Waals surface area contributed by atoms with Gasteiger partial charge in [-0.2, -0.15) is 0 Å². The van der Waals surface area contributed by atoms with Crippen LogP contribution in [-0.4, -0.2) is 13.6 Å². The number of aryl methyl sites for hydroxylation is 1. The second-order valence-corrected chi connectivity index (χ2v) is 5.38. The smallest absolute Gasteiger partial charge is 0.147 e. The van der Waals surface area contributed by atoms with Crippen molar-refractivity contribution >= 4 is 11.4 Å². The molecule has 1 unspecified atom stereocenters. The van der Waals surface area contributed by atoms with Gasteiger partial charge < -0.3 is 10.2 Å². The van der Waals surface area contributed by atoms with Crippen LogP contribution in [0.3, 0.4) is 0 Å². The molecule has 2 aromatic carbocycles. The van der Waals surface area contributed by atoms with Crippen molar-refractivity contribution in [2.75, 3.05) is 18.5 Å². The van der Waals surface area contributed by atoms with Crippen LogP contribution in [0.2, 0.25) is 0 Å². The maximum Gasteiger partial charge on any atom is 0.147 e. The molecule has 1 atom stereocenters. The molecule has 0 aromatic heterocycles. The molecule has 2 rings (SSSR count). The number of rotatable bonds is 5. The minimum atomic E-state index is -0.194. The quantitative estimate of drug-likeness (QED) is 0.866. The molecule has 1 N–H and O–H groups in total. The largest absolute Gasteiger partial charge is 0.342 e. The third kappa shape index (κ3) is 3.61. The Labute approximate surface area is 126 Å². The van der Waals surface area contributed by atoms with Gasteiger partial charge >= 0.3 is 0 Å². The fourth-order valence-corrected chi connectivity index (χ4v) is 2.40. The van der Waals surface area contributed by atoms with Crippen LogP contribution in [0.5, 0.6) is 0 Å². The molecule has 0 heterocycles. The summed E-state index contributed by atoms with van der Waals surface area (Å²) in [5.41, 5.74) is 3.73. The number of nitrogens with one attached hydrogen (secondary N) is 1. The molecule has 0 fully saturated rings. The van der Waals surface area contributed by atoms with E-state index in [-0.39, 0.29) is 11.9 Å². The van der Waals surface area contributed by atoms with Crippen LogP contribution < -0.4 is 10.2 Å². The lowest BCUT2D eigenvalue weighted by Crippen LogP contribution is -2.18. The van der Waals surface area contributed by atoms with Crippen LogP contribution in [0, 0.1) is 12.7 Å².